The van der Waals surface area contributed by atoms with Crippen LogP contribution in [-0.2, 0) is 24.3 Å². The van der Waals surface area contributed by atoms with E-state index in [0.717, 1.165) is 10.4 Å². The molecule has 1 fully saturated rings. The van der Waals surface area contributed by atoms with Crippen LogP contribution in [0.2, 0.25) is 0 Å². The molecular weight excluding hydrogens is 377 g/mol. The fourth-order valence-electron chi connectivity index (χ4n) is 2.52. The van der Waals surface area contributed by atoms with Crippen LogP contribution in [-0.4, -0.2) is 57.0 Å². The fourth-order valence-corrected chi connectivity index (χ4v) is 4.17. The van der Waals surface area contributed by atoms with Gasteiger partial charge in [-0.3, -0.25) is 9.59 Å². The van der Waals surface area contributed by atoms with E-state index in [1.54, 1.807) is 0 Å². The molecule has 0 bridgehead atoms. The number of rotatable bonds is 6. The lowest BCUT2D eigenvalue weighted by molar-refractivity contribution is -0.140. The summed E-state index contributed by atoms with van der Waals surface area (Å²) in [5, 5.41) is 4.68. The number of nitrogens with zero attached hydrogens (tertiary/aromatic N) is 1. The molecule has 0 aliphatic carbocycles. The number of benzene rings is 1. The van der Waals surface area contributed by atoms with E-state index in [-0.39, 0.29) is 30.1 Å². The van der Waals surface area contributed by atoms with Crippen molar-refractivity contribution in [2.24, 2.45) is 0 Å². The SMILES string of the molecule is C=CCNC(=O)C(=O)NC[C@H]1OCCCN1S(=O)(=O)c1ccc(F)c(C)c1. The summed E-state index contributed by atoms with van der Waals surface area (Å²) >= 11 is 0. The van der Waals surface area contributed by atoms with Gasteiger partial charge in [-0.2, -0.15) is 4.31 Å². The zero-order valence-electron chi connectivity index (χ0n) is 14.9. The third kappa shape index (κ3) is 5.12. The van der Waals surface area contributed by atoms with Gasteiger partial charge in [0.05, 0.1) is 18.0 Å². The molecule has 10 heteroatoms. The Morgan fingerprint density at radius 1 is 1.37 bits per heavy atom. The van der Waals surface area contributed by atoms with Gasteiger partial charge in [-0.1, -0.05) is 6.08 Å². The smallest absolute Gasteiger partial charge is 0.309 e. The summed E-state index contributed by atoms with van der Waals surface area (Å²) in [5.74, 6) is -2.26. The molecule has 1 aliphatic heterocycles. The summed E-state index contributed by atoms with van der Waals surface area (Å²) in [6.07, 6.45) is 0.934. The molecule has 1 aromatic carbocycles. The third-order valence-corrected chi connectivity index (χ3v) is 5.83. The highest BCUT2D eigenvalue weighted by Gasteiger charge is 2.35. The van der Waals surface area contributed by atoms with E-state index in [4.69, 9.17) is 4.74 Å². The number of hydrogen-bond donors (Lipinski definition) is 2. The first kappa shape index (κ1) is 21.0. The van der Waals surface area contributed by atoms with Gasteiger partial charge in [-0.15, -0.1) is 6.58 Å². The van der Waals surface area contributed by atoms with Gasteiger partial charge < -0.3 is 15.4 Å². The van der Waals surface area contributed by atoms with E-state index in [1.165, 1.54) is 25.1 Å². The number of amides is 2. The van der Waals surface area contributed by atoms with Crippen molar-refractivity contribution in [1.82, 2.24) is 14.9 Å². The zero-order chi connectivity index (χ0) is 20.0. The molecule has 0 aromatic heterocycles. The highest BCUT2D eigenvalue weighted by Crippen LogP contribution is 2.23. The summed E-state index contributed by atoms with van der Waals surface area (Å²) in [4.78, 5) is 23.3. The maximum atomic E-state index is 13.5. The Morgan fingerprint density at radius 2 is 2.07 bits per heavy atom. The van der Waals surface area contributed by atoms with E-state index < -0.39 is 33.9 Å². The molecule has 1 saturated heterocycles. The topological polar surface area (TPSA) is 105 Å². The minimum absolute atomic E-state index is 0.0630. The van der Waals surface area contributed by atoms with Crippen LogP contribution < -0.4 is 10.6 Å². The molecule has 0 spiro atoms. The van der Waals surface area contributed by atoms with Crippen molar-refractivity contribution in [3.8, 4) is 0 Å². The van der Waals surface area contributed by atoms with Gasteiger partial charge >= 0.3 is 11.8 Å². The first-order chi connectivity index (χ1) is 12.8. The van der Waals surface area contributed by atoms with Crippen LogP contribution >= 0.6 is 0 Å². The summed E-state index contributed by atoms with van der Waals surface area (Å²) in [6.45, 7) is 5.34. The molecule has 2 amide bonds. The van der Waals surface area contributed by atoms with Gasteiger partial charge in [0.2, 0.25) is 10.0 Å². The molecule has 1 heterocycles. The largest absolute Gasteiger partial charge is 0.360 e. The number of ether oxygens (including phenoxy) is 1. The minimum atomic E-state index is -3.96. The van der Waals surface area contributed by atoms with Crippen LogP contribution in [0.4, 0.5) is 4.39 Å². The van der Waals surface area contributed by atoms with Crippen LogP contribution in [0.3, 0.4) is 0 Å². The van der Waals surface area contributed by atoms with Gasteiger partial charge in [0.15, 0.2) is 0 Å². The normalized spacial score (nSPS) is 17.9. The number of carbonyl (C=O) groups is 2. The maximum absolute atomic E-state index is 13.5. The van der Waals surface area contributed by atoms with E-state index >= 15 is 0 Å². The van der Waals surface area contributed by atoms with E-state index in [2.05, 4.69) is 17.2 Å². The molecule has 27 heavy (non-hydrogen) atoms. The molecule has 0 radical (unpaired) electrons. The lowest BCUT2D eigenvalue weighted by Crippen LogP contribution is -2.53. The van der Waals surface area contributed by atoms with Crippen LogP contribution in [0.15, 0.2) is 35.7 Å². The number of halogens is 1. The molecule has 1 aromatic rings. The minimum Gasteiger partial charge on any atom is -0.360 e. The second kappa shape index (κ2) is 9.07. The van der Waals surface area contributed by atoms with Crippen molar-refractivity contribution in [3.63, 3.8) is 0 Å². The first-order valence-electron chi connectivity index (χ1n) is 8.34. The Kier molecular flexibility index (Phi) is 7.05. The number of nitrogens with one attached hydrogen (secondary N) is 2. The molecule has 0 saturated carbocycles. The van der Waals surface area contributed by atoms with Crippen molar-refractivity contribution in [3.05, 3.63) is 42.2 Å². The standard InChI is InChI=1S/C17H22FN3O5S/c1-3-7-19-16(22)17(23)20-11-15-21(8-4-9-26-15)27(24,25)13-5-6-14(18)12(2)10-13/h3,5-6,10,15H,1,4,7-9,11H2,2H3,(H,19,22)(H,20,23)/t15-/m1/s1. The Hall–Kier alpha value is -2.30. The summed E-state index contributed by atoms with van der Waals surface area (Å²) in [7, 11) is -3.96. The van der Waals surface area contributed by atoms with Gasteiger partial charge in [0, 0.05) is 13.1 Å². The predicted octanol–water partition coefficient (Wildman–Crippen LogP) is 0.290. The maximum Gasteiger partial charge on any atom is 0.309 e. The molecule has 148 valence electrons. The average molecular weight is 399 g/mol. The molecule has 1 aliphatic rings. The van der Waals surface area contributed by atoms with Crippen molar-refractivity contribution >= 4 is 21.8 Å². The van der Waals surface area contributed by atoms with E-state index in [0.29, 0.717) is 13.0 Å². The van der Waals surface area contributed by atoms with Gasteiger partial charge in [-0.25, -0.2) is 12.8 Å². The van der Waals surface area contributed by atoms with E-state index in [9.17, 15) is 22.4 Å². The van der Waals surface area contributed by atoms with Gasteiger partial charge in [-0.05, 0) is 37.1 Å². The molecule has 1 atom stereocenters. The molecule has 8 nitrogen and oxygen atoms in total. The highest BCUT2D eigenvalue weighted by molar-refractivity contribution is 7.89. The molecule has 0 unspecified atom stereocenters. The van der Waals surface area contributed by atoms with Crippen molar-refractivity contribution in [2.75, 3.05) is 26.2 Å². The Bertz CT molecular complexity index is 828. The van der Waals surface area contributed by atoms with E-state index in [1.807, 2.05) is 0 Å². The lowest BCUT2D eigenvalue weighted by atomic mass is 10.2. The number of sulfonamides is 1. The van der Waals surface area contributed by atoms with Crippen LogP contribution in [0.1, 0.15) is 12.0 Å². The average Bonchev–Trinajstić information content (AvgIpc) is 2.66. The van der Waals surface area contributed by atoms with Crippen LogP contribution in [0.5, 0.6) is 0 Å². The van der Waals surface area contributed by atoms with Gasteiger partial charge in [0.25, 0.3) is 0 Å². The lowest BCUT2D eigenvalue weighted by Gasteiger charge is -2.34. The van der Waals surface area contributed by atoms with Gasteiger partial charge in [0.1, 0.15) is 12.0 Å². The first-order valence-corrected chi connectivity index (χ1v) is 9.78. The predicted molar refractivity (Wildman–Crippen MR) is 95.6 cm³/mol. The Balaban J connectivity index is 2.11. The summed E-state index contributed by atoms with van der Waals surface area (Å²) < 4.78 is 45.8. The molecular formula is C17H22FN3O5S. The number of aryl methyl sites for hydroxylation is 1. The zero-order valence-corrected chi connectivity index (χ0v) is 15.7. The van der Waals surface area contributed by atoms with Crippen LogP contribution in [0, 0.1) is 12.7 Å². The third-order valence-electron chi connectivity index (χ3n) is 3.94. The summed E-state index contributed by atoms with van der Waals surface area (Å²) in [5.41, 5.74) is 0.206. The fraction of sp³-hybridized carbons (Fsp3) is 0.412. The second-order valence-corrected chi connectivity index (χ2v) is 7.81. The monoisotopic (exact) mass is 399 g/mol. The van der Waals surface area contributed by atoms with Crippen LogP contribution in [0.25, 0.3) is 0 Å². The number of carbonyl (C=O) groups excluding carboxylic acids is 2. The Labute approximate surface area is 157 Å². The summed E-state index contributed by atoms with van der Waals surface area (Å²) in [6, 6.07) is 3.52. The van der Waals surface area contributed by atoms with Crippen molar-refractivity contribution in [1.29, 1.82) is 0 Å². The molecule has 2 rings (SSSR count). The molecule has 2 N–H and O–H groups in total. The van der Waals surface area contributed by atoms with Crippen molar-refractivity contribution in [2.45, 2.75) is 24.5 Å². The Morgan fingerprint density at radius 3 is 2.74 bits per heavy atom. The highest BCUT2D eigenvalue weighted by atomic mass is 32.2. The number of hydrogen-bond acceptors (Lipinski definition) is 5. The quantitative estimate of drug-likeness (QED) is 0.529. The van der Waals surface area contributed by atoms with Crippen molar-refractivity contribution < 1.29 is 27.1 Å². The second-order valence-electron chi connectivity index (χ2n) is 5.91.